The van der Waals surface area contributed by atoms with Crippen LogP contribution in [0.3, 0.4) is 0 Å². The molecule has 0 aliphatic carbocycles. The van der Waals surface area contributed by atoms with Gasteiger partial charge in [0.25, 0.3) is 5.91 Å². The molecule has 3 N–H and O–H groups in total. The topological polar surface area (TPSA) is 140 Å². The van der Waals surface area contributed by atoms with Crippen molar-refractivity contribution in [2.24, 2.45) is 0 Å². The number of halogens is 1. The van der Waals surface area contributed by atoms with Crippen LogP contribution >= 0.6 is 0 Å². The van der Waals surface area contributed by atoms with Crippen LogP contribution in [-0.4, -0.2) is 42.4 Å². The molecule has 0 atom stereocenters. The zero-order valence-corrected chi connectivity index (χ0v) is 16.8. The standard InChI is InChI=1S/C21H18FN9O/c22-14-7-9-15(10-8-14)31-20(24)17(12-23)18(27-31)5-3-11-25-21(32)16-4-1-2-6-19(16)30-13-26-28-29-30/h1-2,4,6-10,13H,3,5,11,24H2,(H,25,32). The Morgan fingerprint density at radius 3 is 2.69 bits per heavy atom. The van der Waals surface area contributed by atoms with Gasteiger partial charge in [0.2, 0.25) is 0 Å². The van der Waals surface area contributed by atoms with Gasteiger partial charge in [-0.1, -0.05) is 12.1 Å². The smallest absolute Gasteiger partial charge is 0.253 e. The molecule has 4 rings (SSSR count). The molecule has 0 bridgehead atoms. The molecule has 1 amide bonds. The number of hydrogen-bond donors (Lipinski definition) is 2. The minimum atomic E-state index is -0.377. The van der Waals surface area contributed by atoms with E-state index in [1.54, 1.807) is 24.3 Å². The van der Waals surface area contributed by atoms with Crippen molar-refractivity contribution in [1.29, 1.82) is 5.26 Å². The number of carbonyl (C=O) groups is 1. The zero-order valence-electron chi connectivity index (χ0n) is 16.8. The minimum Gasteiger partial charge on any atom is -0.382 e. The minimum absolute atomic E-state index is 0.188. The van der Waals surface area contributed by atoms with Crippen LogP contribution in [0.15, 0.2) is 54.9 Å². The Labute approximate surface area is 182 Å². The summed E-state index contributed by atoms with van der Waals surface area (Å²) in [6.07, 6.45) is 2.38. The zero-order chi connectivity index (χ0) is 22.5. The van der Waals surface area contributed by atoms with Crippen LogP contribution in [0.25, 0.3) is 11.4 Å². The number of rotatable bonds is 7. The summed E-state index contributed by atoms with van der Waals surface area (Å²) in [6.45, 7) is 0.358. The number of nitrogen functional groups attached to an aromatic ring is 1. The van der Waals surface area contributed by atoms with E-state index < -0.39 is 0 Å². The van der Waals surface area contributed by atoms with Gasteiger partial charge < -0.3 is 11.1 Å². The van der Waals surface area contributed by atoms with Gasteiger partial charge in [-0.3, -0.25) is 4.79 Å². The maximum absolute atomic E-state index is 13.2. The second-order valence-corrected chi connectivity index (χ2v) is 6.84. The second kappa shape index (κ2) is 9.05. The molecular formula is C21H18FN9O. The molecule has 32 heavy (non-hydrogen) atoms. The highest BCUT2D eigenvalue weighted by Crippen LogP contribution is 2.21. The molecule has 2 aromatic carbocycles. The Balaban J connectivity index is 1.42. The van der Waals surface area contributed by atoms with Crippen molar-refractivity contribution in [3.8, 4) is 17.4 Å². The summed E-state index contributed by atoms with van der Waals surface area (Å²) in [4.78, 5) is 12.7. The first-order valence-corrected chi connectivity index (χ1v) is 9.72. The Bertz CT molecular complexity index is 1270. The van der Waals surface area contributed by atoms with E-state index in [0.717, 1.165) is 0 Å². The van der Waals surface area contributed by atoms with Crippen LogP contribution in [0.1, 0.15) is 28.0 Å². The predicted octanol–water partition coefficient (Wildman–Crippen LogP) is 1.80. The molecule has 160 valence electrons. The van der Waals surface area contributed by atoms with Crippen LogP contribution in [0.5, 0.6) is 0 Å². The Hall–Kier alpha value is -4.59. The van der Waals surface area contributed by atoms with Crippen LogP contribution in [0, 0.1) is 17.1 Å². The van der Waals surface area contributed by atoms with E-state index in [4.69, 9.17) is 5.73 Å². The van der Waals surface area contributed by atoms with Crippen molar-refractivity contribution in [1.82, 2.24) is 35.3 Å². The molecule has 2 aromatic heterocycles. The van der Waals surface area contributed by atoms with E-state index in [9.17, 15) is 14.4 Å². The van der Waals surface area contributed by atoms with Gasteiger partial charge in [-0.25, -0.2) is 9.07 Å². The summed E-state index contributed by atoms with van der Waals surface area (Å²) in [5, 5.41) is 27.8. The Kier molecular flexibility index (Phi) is 5.85. The van der Waals surface area contributed by atoms with Crippen molar-refractivity contribution >= 4 is 11.7 Å². The Morgan fingerprint density at radius 1 is 1.19 bits per heavy atom. The molecule has 0 saturated carbocycles. The summed E-state index contributed by atoms with van der Waals surface area (Å²) >= 11 is 0. The predicted molar refractivity (Wildman–Crippen MR) is 112 cm³/mol. The third-order valence-electron chi connectivity index (χ3n) is 4.80. The van der Waals surface area contributed by atoms with Crippen LogP contribution in [0.4, 0.5) is 10.2 Å². The molecule has 0 saturated heterocycles. The molecule has 4 aromatic rings. The average molecular weight is 431 g/mol. The average Bonchev–Trinajstić information content (AvgIpc) is 3.45. The number of nitrogens with one attached hydrogen (secondary N) is 1. The number of nitrogens with two attached hydrogens (primary N) is 1. The van der Waals surface area contributed by atoms with Gasteiger partial charge in [-0.2, -0.15) is 15.0 Å². The Morgan fingerprint density at radius 2 is 1.97 bits per heavy atom. The van der Waals surface area contributed by atoms with Crippen molar-refractivity contribution in [3.05, 3.63) is 77.5 Å². The number of amides is 1. The number of carbonyl (C=O) groups excluding carboxylic acids is 1. The van der Waals surface area contributed by atoms with E-state index >= 15 is 0 Å². The van der Waals surface area contributed by atoms with Crippen molar-refractivity contribution in [2.45, 2.75) is 12.8 Å². The number of benzene rings is 2. The lowest BCUT2D eigenvalue weighted by Crippen LogP contribution is -2.26. The van der Waals surface area contributed by atoms with E-state index in [1.165, 1.54) is 40.0 Å². The molecule has 0 aliphatic heterocycles. The number of aromatic nitrogens is 6. The summed E-state index contributed by atoms with van der Waals surface area (Å²) in [5.74, 6) is -0.459. The van der Waals surface area contributed by atoms with Gasteiger partial charge in [0.1, 0.15) is 29.6 Å². The highest BCUT2D eigenvalue weighted by Gasteiger charge is 2.17. The van der Waals surface area contributed by atoms with Gasteiger partial charge in [0, 0.05) is 6.54 Å². The number of para-hydroxylation sites is 1. The first kappa shape index (κ1) is 20.7. The lowest BCUT2D eigenvalue weighted by Gasteiger charge is -2.09. The molecule has 0 aliphatic rings. The normalized spacial score (nSPS) is 10.6. The fraction of sp³-hybridized carbons (Fsp3) is 0.143. The highest BCUT2D eigenvalue weighted by atomic mass is 19.1. The van der Waals surface area contributed by atoms with E-state index in [0.29, 0.717) is 42.0 Å². The maximum Gasteiger partial charge on any atom is 0.253 e. The summed E-state index contributed by atoms with van der Waals surface area (Å²) in [6, 6.07) is 14.7. The molecule has 0 unspecified atom stereocenters. The molecule has 0 fully saturated rings. The molecule has 2 heterocycles. The van der Waals surface area contributed by atoms with Gasteiger partial charge in [0.15, 0.2) is 0 Å². The van der Waals surface area contributed by atoms with Gasteiger partial charge in [-0.15, -0.1) is 5.10 Å². The lowest BCUT2D eigenvalue weighted by molar-refractivity contribution is 0.0953. The SMILES string of the molecule is N#Cc1c(CCCNC(=O)c2ccccc2-n2cnnn2)nn(-c2ccc(F)cc2)c1N. The largest absolute Gasteiger partial charge is 0.382 e. The second-order valence-electron chi connectivity index (χ2n) is 6.84. The molecule has 0 radical (unpaired) electrons. The van der Waals surface area contributed by atoms with E-state index in [2.05, 4.69) is 32.0 Å². The summed E-state index contributed by atoms with van der Waals surface area (Å²) in [5.41, 5.74) is 8.40. The van der Waals surface area contributed by atoms with Crippen LogP contribution < -0.4 is 11.1 Å². The number of aryl methyl sites for hydroxylation is 1. The number of anilines is 1. The quantitative estimate of drug-likeness (QED) is 0.425. The van der Waals surface area contributed by atoms with Crippen LogP contribution in [-0.2, 0) is 6.42 Å². The number of hydrogen-bond acceptors (Lipinski definition) is 7. The van der Waals surface area contributed by atoms with Gasteiger partial charge in [-0.05, 0) is 59.7 Å². The number of nitriles is 1. The highest BCUT2D eigenvalue weighted by molar-refractivity contribution is 5.97. The maximum atomic E-state index is 13.2. The fourth-order valence-corrected chi connectivity index (χ4v) is 3.24. The molecule has 10 nitrogen and oxygen atoms in total. The summed E-state index contributed by atoms with van der Waals surface area (Å²) in [7, 11) is 0. The molecule has 0 spiro atoms. The third-order valence-corrected chi connectivity index (χ3v) is 4.80. The van der Waals surface area contributed by atoms with E-state index in [1.807, 2.05) is 0 Å². The van der Waals surface area contributed by atoms with Gasteiger partial charge >= 0.3 is 0 Å². The van der Waals surface area contributed by atoms with Crippen molar-refractivity contribution in [2.75, 3.05) is 12.3 Å². The van der Waals surface area contributed by atoms with Crippen molar-refractivity contribution in [3.63, 3.8) is 0 Å². The number of nitrogens with zero attached hydrogens (tertiary/aromatic N) is 7. The van der Waals surface area contributed by atoms with Crippen LogP contribution in [0.2, 0.25) is 0 Å². The monoisotopic (exact) mass is 431 g/mol. The molecule has 11 heteroatoms. The third kappa shape index (κ3) is 4.15. The molecular weight excluding hydrogens is 413 g/mol. The van der Waals surface area contributed by atoms with Crippen molar-refractivity contribution < 1.29 is 9.18 Å². The first-order chi connectivity index (χ1) is 15.6. The number of tetrazole rings is 1. The first-order valence-electron chi connectivity index (χ1n) is 9.72. The fourth-order valence-electron chi connectivity index (χ4n) is 3.24. The lowest BCUT2D eigenvalue weighted by atomic mass is 10.1. The van der Waals surface area contributed by atoms with E-state index in [-0.39, 0.29) is 23.1 Å². The van der Waals surface area contributed by atoms with Gasteiger partial charge in [0.05, 0.1) is 22.6 Å². The summed E-state index contributed by atoms with van der Waals surface area (Å²) < 4.78 is 16.0.